The third-order valence-electron chi connectivity index (χ3n) is 7.23. The number of alkyl halides is 6. The number of hydrogen-bond donors (Lipinski definition) is 2. The summed E-state index contributed by atoms with van der Waals surface area (Å²) in [6.45, 7) is 2.36. The first-order valence-electron chi connectivity index (χ1n) is 13.3. The molecule has 2 aromatic carbocycles. The predicted octanol–water partition coefficient (Wildman–Crippen LogP) is 6.31. The monoisotopic (exact) mass is 567 g/mol. The maximum atomic E-state index is 13.3. The van der Waals surface area contributed by atoms with Crippen LogP contribution in [0.1, 0.15) is 54.4 Å². The third kappa shape index (κ3) is 7.87. The summed E-state index contributed by atoms with van der Waals surface area (Å²) in [5.41, 5.74) is -1.50. The molecule has 0 radical (unpaired) electrons. The third-order valence-corrected chi connectivity index (χ3v) is 7.23. The molecule has 1 aliphatic rings. The van der Waals surface area contributed by atoms with Crippen LogP contribution in [-0.4, -0.2) is 47.3 Å². The van der Waals surface area contributed by atoms with Crippen molar-refractivity contribution in [2.75, 3.05) is 19.6 Å². The zero-order valence-corrected chi connectivity index (χ0v) is 21.8. The van der Waals surface area contributed by atoms with E-state index >= 15 is 0 Å². The number of nitrogens with zero attached hydrogens (tertiary/aromatic N) is 1. The molecule has 1 fully saturated rings. The number of aromatic nitrogens is 1. The summed E-state index contributed by atoms with van der Waals surface area (Å²) < 4.78 is 79.6. The molecule has 0 spiro atoms. The number of Topliss-reactive ketones (excluding diaryl/α,β-unsaturated/α-hetero) is 1. The van der Waals surface area contributed by atoms with Gasteiger partial charge in [0.2, 0.25) is 5.91 Å². The minimum Gasteiger partial charge on any atom is -0.361 e. The molecule has 1 aromatic heterocycles. The molecule has 11 heteroatoms. The van der Waals surface area contributed by atoms with Gasteiger partial charge in [0.05, 0.1) is 17.2 Å². The van der Waals surface area contributed by atoms with Gasteiger partial charge in [0.15, 0.2) is 5.78 Å². The van der Waals surface area contributed by atoms with Crippen LogP contribution in [0.15, 0.2) is 48.7 Å². The van der Waals surface area contributed by atoms with Crippen LogP contribution in [-0.2, 0) is 34.8 Å². The molecule has 0 saturated carbocycles. The molecule has 4 rings (SSSR count). The molecule has 2 N–H and O–H groups in total. The Balaban J connectivity index is 1.50. The molecule has 1 amide bonds. The second-order valence-corrected chi connectivity index (χ2v) is 10.2. The van der Waals surface area contributed by atoms with Crippen LogP contribution >= 0.6 is 0 Å². The average Bonchev–Trinajstić information content (AvgIpc) is 3.32. The van der Waals surface area contributed by atoms with Crippen molar-refractivity contribution in [3.8, 4) is 0 Å². The molecule has 40 heavy (non-hydrogen) atoms. The highest BCUT2D eigenvalue weighted by Gasteiger charge is 2.37. The number of ketones is 1. The van der Waals surface area contributed by atoms with E-state index in [9.17, 15) is 35.9 Å². The molecule has 3 aromatic rings. The number of rotatable bonds is 10. The van der Waals surface area contributed by atoms with Crippen molar-refractivity contribution < 1.29 is 35.9 Å². The molecule has 0 aliphatic carbocycles. The number of carbonyl (C=O) groups excluding carboxylic acids is 2. The van der Waals surface area contributed by atoms with E-state index in [2.05, 4.69) is 15.2 Å². The Morgan fingerprint density at radius 2 is 1.55 bits per heavy atom. The quantitative estimate of drug-likeness (QED) is 0.282. The zero-order valence-electron chi connectivity index (χ0n) is 21.8. The molecule has 1 unspecified atom stereocenters. The Morgan fingerprint density at radius 3 is 2.20 bits per heavy atom. The Hall–Kier alpha value is -3.34. The van der Waals surface area contributed by atoms with Gasteiger partial charge >= 0.3 is 12.4 Å². The van der Waals surface area contributed by atoms with Crippen LogP contribution < -0.4 is 5.32 Å². The minimum atomic E-state index is -4.97. The lowest BCUT2D eigenvalue weighted by Gasteiger charge is -2.26. The van der Waals surface area contributed by atoms with Crippen molar-refractivity contribution in [3.05, 3.63) is 70.9 Å². The highest BCUT2D eigenvalue weighted by atomic mass is 19.4. The highest BCUT2D eigenvalue weighted by Crippen LogP contribution is 2.36. The first kappa shape index (κ1) is 29.6. The van der Waals surface area contributed by atoms with Gasteiger partial charge in [0.1, 0.15) is 0 Å². The summed E-state index contributed by atoms with van der Waals surface area (Å²) in [5.74, 6) is -0.801. The Labute approximate surface area is 227 Å². The van der Waals surface area contributed by atoms with Gasteiger partial charge in [0.25, 0.3) is 0 Å². The van der Waals surface area contributed by atoms with Crippen LogP contribution in [0.2, 0.25) is 0 Å². The van der Waals surface area contributed by atoms with E-state index in [1.54, 1.807) is 6.20 Å². The summed E-state index contributed by atoms with van der Waals surface area (Å²) >= 11 is 0. The standard InChI is InChI=1S/C29H31F6N3O2/c30-28(31,32)21-14-19(15-22(17-21)29(33,34)35)8-9-26(39)25(16-20-18-36-24-7-3-2-6-23(20)24)37-27(40)10-13-38-11-4-1-5-12-38/h2-3,6-7,14-15,17-18,25,36H,1,4-5,8-13,16H2,(H,37,40). The lowest BCUT2D eigenvalue weighted by Crippen LogP contribution is -2.44. The molecule has 1 aliphatic heterocycles. The number of fused-ring (bicyclic) bond motifs is 1. The smallest absolute Gasteiger partial charge is 0.361 e. The largest absolute Gasteiger partial charge is 0.416 e. The first-order valence-corrected chi connectivity index (χ1v) is 13.3. The fraction of sp³-hybridized carbons (Fsp3) is 0.448. The predicted molar refractivity (Wildman–Crippen MR) is 139 cm³/mol. The number of benzene rings is 2. The van der Waals surface area contributed by atoms with Crippen molar-refractivity contribution in [2.24, 2.45) is 0 Å². The number of piperidine rings is 1. The number of carbonyl (C=O) groups is 2. The topological polar surface area (TPSA) is 65.2 Å². The number of likely N-dealkylation sites (tertiary alicyclic amines) is 1. The molecule has 2 heterocycles. The SMILES string of the molecule is O=C(CCN1CCCCC1)NC(Cc1c[nH]c2ccccc12)C(=O)CCc1cc(C(F)(F)F)cc(C(F)(F)F)c1. The highest BCUT2D eigenvalue weighted by molar-refractivity contribution is 5.91. The van der Waals surface area contributed by atoms with E-state index in [1.165, 1.54) is 0 Å². The van der Waals surface area contributed by atoms with Crippen LogP contribution in [0.25, 0.3) is 10.9 Å². The van der Waals surface area contributed by atoms with Gasteiger partial charge < -0.3 is 15.2 Å². The van der Waals surface area contributed by atoms with Crippen LogP contribution in [0.3, 0.4) is 0 Å². The van der Waals surface area contributed by atoms with E-state index in [4.69, 9.17) is 0 Å². The molecule has 1 atom stereocenters. The van der Waals surface area contributed by atoms with Gasteiger partial charge in [-0.05, 0) is 67.7 Å². The lowest BCUT2D eigenvalue weighted by molar-refractivity contribution is -0.143. The second kappa shape index (κ2) is 12.4. The molecule has 5 nitrogen and oxygen atoms in total. The van der Waals surface area contributed by atoms with Gasteiger partial charge in [-0.25, -0.2) is 0 Å². The van der Waals surface area contributed by atoms with E-state index in [1.807, 2.05) is 24.3 Å². The zero-order chi connectivity index (χ0) is 28.9. The Kier molecular flexibility index (Phi) is 9.22. The maximum absolute atomic E-state index is 13.3. The summed E-state index contributed by atoms with van der Waals surface area (Å²) in [4.78, 5) is 31.4. The molecular formula is C29H31F6N3O2. The summed E-state index contributed by atoms with van der Waals surface area (Å²) in [6, 6.07) is 7.75. The average molecular weight is 568 g/mol. The van der Waals surface area contributed by atoms with Crippen molar-refractivity contribution >= 4 is 22.6 Å². The van der Waals surface area contributed by atoms with E-state index in [-0.39, 0.29) is 43.2 Å². The second-order valence-electron chi connectivity index (χ2n) is 10.2. The van der Waals surface area contributed by atoms with Crippen molar-refractivity contribution in [1.82, 2.24) is 15.2 Å². The summed E-state index contributed by atoms with van der Waals surface area (Å²) in [5, 5.41) is 3.63. The van der Waals surface area contributed by atoms with E-state index in [0.717, 1.165) is 48.8 Å². The van der Waals surface area contributed by atoms with Gasteiger partial charge in [-0.3, -0.25) is 9.59 Å². The van der Waals surface area contributed by atoms with E-state index in [0.29, 0.717) is 18.7 Å². The van der Waals surface area contributed by atoms with Gasteiger partial charge in [-0.2, -0.15) is 26.3 Å². The fourth-order valence-corrected chi connectivity index (χ4v) is 5.08. The number of amides is 1. The minimum absolute atomic E-state index is 0.0632. The molecule has 216 valence electrons. The van der Waals surface area contributed by atoms with Gasteiger partial charge in [-0.1, -0.05) is 24.6 Å². The Bertz CT molecular complexity index is 1290. The van der Waals surface area contributed by atoms with Gasteiger partial charge in [0, 0.05) is 42.9 Å². The Morgan fingerprint density at radius 1 is 0.900 bits per heavy atom. The first-order chi connectivity index (χ1) is 18.9. The number of H-pyrrole nitrogens is 1. The molecule has 0 bridgehead atoms. The number of nitrogens with one attached hydrogen (secondary N) is 2. The summed E-state index contributed by atoms with van der Waals surface area (Å²) in [6.07, 6.45) is -5.29. The molecular weight excluding hydrogens is 536 g/mol. The maximum Gasteiger partial charge on any atom is 0.416 e. The number of halogens is 6. The van der Waals surface area contributed by atoms with E-state index < -0.39 is 35.3 Å². The summed E-state index contributed by atoms with van der Waals surface area (Å²) in [7, 11) is 0. The van der Waals surface area contributed by atoms with Crippen LogP contribution in [0.5, 0.6) is 0 Å². The van der Waals surface area contributed by atoms with Crippen LogP contribution in [0, 0.1) is 0 Å². The normalized spacial score (nSPS) is 15.8. The van der Waals surface area contributed by atoms with Gasteiger partial charge in [-0.15, -0.1) is 0 Å². The number of para-hydroxylation sites is 1. The fourth-order valence-electron chi connectivity index (χ4n) is 5.08. The van der Waals surface area contributed by atoms with Crippen molar-refractivity contribution in [2.45, 2.75) is 63.3 Å². The number of aryl methyl sites for hydroxylation is 1. The van der Waals surface area contributed by atoms with Crippen LogP contribution in [0.4, 0.5) is 26.3 Å². The lowest BCUT2D eigenvalue weighted by atomic mass is 9.95. The number of aromatic amines is 1. The number of hydrogen-bond acceptors (Lipinski definition) is 3. The van der Waals surface area contributed by atoms with Crippen molar-refractivity contribution in [3.63, 3.8) is 0 Å². The molecule has 1 saturated heterocycles. The van der Waals surface area contributed by atoms with Crippen molar-refractivity contribution in [1.29, 1.82) is 0 Å².